The minimum Gasteiger partial charge on any atom is -0.298 e. The third-order valence-corrected chi connectivity index (χ3v) is 2.44. The smallest absolute Gasteiger partial charge is 0.121 e. The number of nitriles is 1. The largest absolute Gasteiger partial charge is 0.298 e. The third kappa shape index (κ3) is 3.67. The molecule has 0 radical (unpaired) electrons. The summed E-state index contributed by atoms with van der Waals surface area (Å²) < 4.78 is 0. The van der Waals surface area contributed by atoms with Crippen LogP contribution in [0.25, 0.3) is 0 Å². The Morgan fingerprint density at radius 2 is 1.75 bits per heavy atom. The first kappa shape index (κ1) is 12.7. The summed E-state index contributed by atoms with van der Waals surface area (Å²) in [5.74, 6) is 0.557. The molecule has 0 aliphatic rings. The van der Waals surface area contributed by atoms with Crippen LogP contribution in [0, 0.1) is 31.1 Å². The van der Waals surface area contributed by atoms with Crippen molar-refractivity contribution < 1.29 is 0 Å². The molecule has 1 aromatic rings. The van der Waals surface area contributed by atoms with E-state index in [0.29, 0.717) is 5.92 Å². The average molecular weight is 216 g/mol. The lowest BCUT2D eigenvalue weighted by atomic mass is 10.0. The van der Waals surface area contributed by atoms with Crippen LogP contribution in [0.4, 0.5) is 0 Å². The van der Waals surface area contributed by atoms with Crippen LogP contribution in [0.5, 0.6) is 0 Å². The van der Waals surface area contributed by atoms with Gasteiger partial charge in [-0.25, -0.2) is 0 Å². The summed E-state index contributed by atoms with van der Waals surface area (Å²) in [7, 11) is 0. The van der Waals surface area contributed by atoms with Crippen LogP contribution in [0.3, 0.4) is 0 Å². The van der Waals surface area contributed by atoms with Crippen molar-refractivity contribution in [3.63, 3.8) is 0 Å². The molecule has 2 heteroatoms. The minimum absolute atomic E-state index is 0.194. The molecule has 1 atom stereocenters. The van der Waals surface area contributed by atoms with Crippen LogP contribution in [-0.2, 0) is 0 Å². The molecule has 0 saturated carbocycles. The van der Waals surface area contributed by atoms with Gasteiger partial charge in [-0.05, 0) is 31.9 Å². The van der Waals surface area contributed by atoms with Crippen molar-refractivity contribution in [1.29, 1.82) is 5.26 Å². The molecule has 1 rings (SSSR count). The molecule has 2 nitrogen and oxygen atoms in total. The number of hydrogen-bond donors (Lipinski definition) is 1. The Morgan fingerprint density at radius 3 is 2.19 bits per heavy atom. The predicted octanol–water partition coefficient (Wildman–Crippen LogP) is 3.11. The standard InChI is InChI=1S/C14H20N2/c1-10(2)9-16-14(8-15)13-6-11(3)5-12(4)7-13/h5-7,10,14,16H,9H2,1-4H3. The van der Waals surface area contributed by atoms with Gasteiger partial charge in [0.15, 0.2) is 0 Å². The zero-order valence-electron chi connectivity index (χ0n) is 10.5. The molecule has 0 aliphatic carbocycles. The van der Waals surface area contributed by atoms with Gasteiger partial charge in [-0.15, -0.1) is 0 Å². The second-order valence-corrected chi connectivity index (χ2v) is 4.79. The van der Waals surface area contributed by atoms with Crippen molar-refractivity contribution >= 4 is 0 Å². The molecule has 0 saturated heterocycles. The Balaban J connectivity index is 2.83. The van der Waals surface area contributed by atoms with E-state index in [1.165, 1.54) is 11.1 Å². The maximum absolute atomic E-state index is 9.16. The highest BCUT2D eigenvalue weighted by Gasteiger charge is 2.10. The van der Waals surface area contributed by atoms with E-state index in [1.807, 2.05) is 0 Å². The lowest BCUT2D eigenvalue weighted by Gasteiger charge is -2.14. The van der Waals surface area contributed by atoms with Gasteiger partial charge in [0.1, 0.15) is 6.04 Å². The van der Waals surface area contributed by atoms with Crippen LogP contribution in [-0.4, -0.2) is 6.54 Å². The molecule has 0 amide bonds. The van der Waals surface area contributed by atoms with Gasteiger partial charge in [-0.3, -0.25) is 5.32 Å². The molecule has 1 N–H and O–H groups in total. The van der Waals surface area contributed by atoms with Crippen LogP contribution in [0.15, 0.2) is 18.2 Å². The Kier molecular flexibility index (Phi) is 4.52. The zero-order chi connectivity index (χ0) is 12.1. The van der Waals surface area contributed by atoms with E-state index in [9.17, 15) is 0 Å². The molecule has 1 unspecified atom stereocenters. The Hall–Kier alpha value is -1.33. The van der Waals surface area contributed by atoms with Gasteiger partial charge in [0.05, 0.1) is 6.07 Å². The quantitative estimate of drug-likeness (QED) is 0.839. The first-order valence-electron chi connectivity index (χ1n) is 5.74. The Morgan fingerprint density at radius 1 is 1.19 bits per heavy atom. The van der Waals surface area contributed by atoms with Gasteiger partial charge in [0.2, 0.25) is 0 Å². The lowest BCUT2D eigenvalue weighted by Crippen LogP contribution is -2.24. The second-order valence-electron chi connectivity index (χ2n) is 4.79. The first-order valence-corrected chi connectivity index (χ1v) is 5.74. The fourth-order valence-electron chi connectivity index (χ4n) is 1.77. The van der Waals surface area contributed by atoms with Crippen LogP contribution >= 0.6 is 0 Å². The topological polar surface area (TPSA) is 35.8 Å². The second kappa shape index (κ2) is 5.67. The van der Waals surface area contributed by atoms with Crippen molar-refractivity contribution in [2.45, 2.75) is 33.7 Å². The lowest BCUT2D eigenvalue weighted by molar-refractivity contribution is 0.525. The van der Waals surface area contributed by atoms with E-state index in [2.05, 4.69) is 57.3 Å². The summed E-state index contributed by atoms with van der Waals surface area (Å²) in [6, 6.07) is 8.40. The SMILES string of the molecule is Cc1cc(C)cc(C(C#N)NCC(C)C)c1. The first-order chi connectivity index (χ1) is 7.52. The molecule has 0 spiro atoms. The van der Waals surface area contributed by atoms with Crippen LogP contribution < -0.4 is 5.32 Å². The molecule has 0 bridgehead atoms. The number of nitrogens with one attached hydrogen (secondary N) is 1. The number of nitrogens with zero attached hydrogens (tertiary/aromatic N) is 1. The number of aryl methyl sites for hydroxylation is 2. The average Bonchev–Trinajstić information content (AvgIpc) is 2.16. The zero-order valence-corrected chi connectivity index (χ0v) is 10.5. The fourth-order valence-corrected chi connectivity index (χ4v) is 1.77. The van der Waals surface area contributed by atoms with Gasteiger partial charge in [0, 0.05) is 0 Å². The molecule has 0 aromatic heterocycles. The van der Waals surface area contributed by atoms with E-state index in [0.717, 1.165) is 12.1 Å². The van der Waals surface area contributed by atoms with Crippen molar-refractivity contribution in [3.8, 4) is 6.07 Å². The highest BCUT2D eigenvalue weighted by atomic mass is 14.9. The molecule has 1 aromatic carbocycles. The van der Waals surface area contributed by atoms with E-state index < -0.39 is 0 Å². The van der Waals surface area contributed by atoms with E-state index in [-0.39, 0.29) is 6.04 Å². The van der Waals surface area contributed by atoms with Gasteiger partial charge in [-0.2, -0.15) is 5.26 Å². The van der Waals surface area contributed by atoms with E-state index in [1.54, 1.807) is 0 Å². The van der Waals surface area contributed by atoms with Crippen molar-refractivity contribution in [1.82, 2.24) is 5.32 Å². The van der Waals surface area contributed by atoms with Crippen LogP contribution in [0.1, 0.15) is 36.6 Å². The van der Waals surface area contributed by atoms with Gasteiger partial charge >= 0.3 is 0 Å². The predicted molar refractivity (Wildman–Crippen MR) is 67.1 cm³/mol. The van der Waals surface area contributed by atoms with Gasteiger partial charge in [-0.1, -0.05) is 43.2 Å². The summed E-state index contributed by atoms with van der Waals surface area (Å²) in [6.07, 6.45) is 0. The maximum atomic E-state index is 9.16. The summed E-state index contributed by atoms with van der Waals surface area (Å²) in [4.78, 5) is 0. The van der Waals surface area contributed by atoms with Gasteiger partial charge < -0.3 is 0 Å². The highest BCUT2D eigenvalue weighted by molar-refractivity contribution is 5.33. The minimum atomic E-state index is -0.194. The molecule has 86 valence electrons. The maximum Gasteiger partial charge on any atom is 0.121 e. The van der Waals surface area contributed by atoms with E-state index in [4.69, 9.17) is 5.26 Å². The Labute approximate surface area is 98.3 Å². The fraction of sp³-hybridized carbons (Fsp3) is 0.500. The molecular formula is C14H20N2. The third-order valence-electron chi connectivity index (χ3n) is 2.44. The van der Waals surface area contributed by atoms with Gasteiger partial charge in [0.25, 0.3) is 0 Å². The van der Waals surface area contributed by atoms with Crippen molar-refractivity contribution in [2.24, 2.45) is 5.92 Å². The normalized spacial score (nSPS) is 12.5. The molecule has 0 aliphatic heterocycles. The van der Waals surface area contributed by atoms with Crippen LogP contribution in [0.2, 0.25) is 0 Å². The highest BCUT2D eigenvalue weighted by Crippen LogP contribution is 2.16. The summed E-state index contributed by atoms with van der Waals surface area (Å²) in [5.41, 5.74) is 3.49. The van der Waals surface area contributed by atoms with Crippen molar-refractivity contribution in [3.05, 3.63) is 34.9 Å². The van der Waals surface area contributed by atoms with Crippen molar-refractivity contribution in [2.75, 3.05) is 6.54 Å². The molecule has 16 heavy (non-hydrogen) atoms. The molecule has 0 fully saturated rings. The summed E-state index contributed by atoms with van der Waals surface area (Å²) >= 11 is 0. The summed E-state index contributed by atoms with van der Waals surface area (Å²) in [5, 5.41) is 12.4. The summed E-state index contributed by atoms with van der Waals surface area (Å²) in [6.45, 7) is 9.28. The number of benzene rings is 1. The number of hydrogen-bond acceptors (Lipinski definition) is 2. The monoisotopic (exact) mass is 216 g/mol. The van der Waals surface area contributed by atoms with E-state index >= 15 is 0 Å². The number of rotatable bonds is 4. The Bertz CT molecular complexity index is 368. The molecular weight excluding hydrogens is 196 g/mol. The molecule has 0 heterocycles.